The number of aromatic hydroxyl groups is 1. The van der Waals surface area contributed by atoms with Crippen LogP contribution >= 0.6 is 0 Å². The van der Waals surface area contributed by atoms with E-state index >= 15 is 0 Å². The first kappa shape index (κ1) is 49.0. The van der Waals surface area contributed by atoms with E-state index in [2.05, 4.69) is 18.7 Å². The highest BCUT2D eigenvalue weighted by atomic mass is 32.2. The smallest absolute Gasteiger partial charge is 0.351 e. The number of hydrogen-bond donors (Lipinski definition) is 1. The second-order valence-electron chi connectivity index (χ2n) is 17.0. The number of fused-ring (bicyclic) bond motifs is 4. The van der Waals surface area contributed by atoms with Crippen LogP contribution in [0.15, 0.2) is 77.5 Å². The molecule has 0 fully saturated rings. The zero-order chi connectivity index (χ0) is 46.0. The summed E-state index contributed by atoms with van der Waals surface area (Å²) in [6.07, 6.45) is 15.2. The van der Waals surface area contributed by atoms with Crippen LogP contribution in [0.5, 0.6) is 5.75 Å². The van der Waals surface area contributed by atoms with Crippen molar-refractivity contribution in [1.29, 1.82) is 0 Å². The molecule has 3 heterocycles. The first-order valence-electron chi connectivity index (χ1n) is 21.7. The van der Waals surface area contributed by atoms with Gasteiger partial charge >= 0.3 is 11.3 Å². The van der Waals surface area contributed by atoms with Crippen LogP contribution in [-0.4, -0.2) is 68.7 Å². The largest absolute Gasteiger partial charge is 0.748 e. The van der Waals surface area contributed by atoms with Gasteiger partial charge in [0, 0.05) is 66.2 Å². The van der Waals surface area contributed by atoms with Gasteiger partial charge in [-0.15, -0.1) is 0 Å². The Bertz CT molecular complexity index is 2780. The normalized spacial score (nSPS) is 12.7. The molecule has 0 spiro atoms. The van der Waals surface area contributed by atoms with Crippen molar-refractivity contribution in [2.45, 2.75) is 104 Å². The van der Waals surface area contributed by atoms with Crippen LogP contribution in [-0.2, 0) is 25.7 Å². The average Bonchev–Trinajstić information content (AvgIpc) is 3.20. The highest BCUT2D eigenvalue weighted by Gasteiger charge is 2.23. The Hall–Kier alpha value is -5.03. The minimum atomic E-state index is -4.48. The Balaban J connectivity index is 1.48. The molecule has 1 aromatic carbocycles. The van der Waals surface area contributed by atoms with E-state index in [4.69, 9.17) is 13.3 Å². The molecule has 5 rings (SSSR count). The van der Waals surface area contributed by atoms with Crippen molar-refractivity contribution in [1.82, 2.24) is 4.58 Å². The van der Waals surface area contributed by atoms with Gasteiger partial charge in [0.25, 0.3) is 0 Å². The van der Waals surface area contributed by atoms with E-state index in [1.807, 2.05) is 32.9 Å². The van der Waals surface area contributed by atoms with E-state index in [1.165, 1.54) is 12.2 Å². The van der Waals surface area contributed by atoms with Crippen molar-refractivity contribution in [3.8, 4) is 17.1 Å². The van der Waals surface area contributed by atoms with E-state index in [0.29, 0.717) is 27.8 Å². The molecule has 0 unspecified atom stereocenters. The predicted molar refractivity (Wildman–Crippen MR) is 246 cm³/mol. The molecule has 0 radical (unpaired) electrons. The van der Waals surface area contributed by atoms with Gasteiger partial charge in [0.15, 0.2) is 5.58 Å². The molecule has 1 aliphatic carbocycles. The van der Waals surface area contributed by atoms with Crippen molar-refractivity contribution in [2.24, 2.45) is 0 Å². The highest BCUT2D eigenvalue weighted by molar-refractivity contribution is 7.85. The van der Waals surface area contributed by atoms with Gasteiger partial charge in [-0.25, -0.2) is 31.0 Å². The number of rotatable bonds is 22. The van der Waals surface area contributed by atoms with Crippen molar-refractivity contribution in [2.75, 3.05) is 42.6 Å². The maximum atomic E-state index is 13.4. The lowest BCUT2D eigenvalue weighted by Gasteiger charge is -2.25. The predicted octanol–water partition coefficient (Wildman–Crippen LogP) is 7.94. The van der Waals surface area contributed by atoms with Crippen molar-refractivity contribution >= 4 is 60.0 Å². The summed E-state index contributed by atoms with van der Waals surface area (Å²) in [5.41, 5.74) is 0.151. The fraction of sp³-hybridized carbons (Fsp3) is 0.468. The maximum absolute atomic E-state index is 13.4. The van der Waals surface area contributed by atoms with E-state index in [-0.39, 0.29) is 48.0 Å². The third-order valence-electron chi connectivity index (χ3n) is 10.9. The number of allylic oxidation sites excluding steroid dienone is 2. The minimum absolute atomic E-state index is 0.0155. The van der Waals surface area contributed by atoms with Gasteiger partial charge in [-0.3, -0.25) is 0 Å². The van der Waals surface area contributed by atoms with Gasteiger partial charge < -0.3 is 32.4 Å². The summed E-state index contributed by atoms with van der Waals surface area (Å²) >= 11 is 0. The fourth-order valence-corrected chi connectivity index (χ4v) is 8.44. The summed E-state index contributed by atoms with van der Waals surface area (Å²) in [4.78, 5) is 29.1. The van der Waals surface area contributed by atoms with Crippen molar-refractivity contribution in [3.63, 3.8) is 0 Å². The SMILES string of the molecule is CCCCCCN(CCCCCC)c1ccc2c(c1)oc(=O)c1c(O)c(/C=C/C=C/c3cc(C(C)(C)C)oc4cc(=[N+](CCCS(=O)(=O)[O-])CCCS(=O)(=O)[O-])ccc3-4)c(=O)oc12. The number of benzene rings is 2. The fourth-order valence-electron chi connectivity index (χ4n) is 7.47. The first-order valence-corrected chi connectivity index (χ1v) is 24.8. The summed E-state index contributed by atoms with van der Waals surface area (Å²) in [6, 6.07) is 12.6. The summed E-state index contributed by atoms with van der Waals surface area (Å²) in [5, 5.41) is 12.0. The maximum Gasteiger partial charge on any atom is 0.351 e. The van der Waals surface area contributed by atoms with Crippen molar-refractivity contribution in [3.05, 3.63) is 97.7 Å². The molecular weight excluding hydrogens is 849 g/mol. The Morgan fingerprint density at radius 2 is 1.35 bits per heavy atom. The van der Waals surface area contributed by atoms with E-state index in [9.17, 15) is 40.6 Å². The second-order valence-corrected chi connectivity index (χ2v) is 20.0. The summed E-state index contributed by atoms with van der Waals surface area (Å²) in [6.45, 7) is 12.2. The van der Waals surface area contributed by atoms with Crippen LogP contribution in [0.4, 0.5) is 5.69 Å². The number of hydrogen-bond acceptors (Lipinski definition) is 13. The lowest BCUT2D eigenvalue weighted by atomic mass is 9.90. The first-order chi connectivity index (χ1) is 29.8. The monoisotopic (exact) mass is 907 g/mol. The number of unbranched alkanes of at least 4 members (excludes halogenated alkanes) is 6. The standard InChI is InChI=1S/C47H60N2O12S2/c1-6-8-10-14-24-48(25-15-11-9-7-2)35-21-23-37-40(32-35)60-46(52)42-43(50)38(45(51)61-44(37)42)19-13-12-18-33-30-41(47(3,4)5)59-39-31-34(20-22-36(33)39)49(26-16-28-62(53,54)55)27-17-29-63(56,57)58/h12-13,18-23,30-32H,6-11,14-17,24-29H2,1-5H3,(H2,53,54,55,56,57,58)/p-1. The zero-order valence-electron chi connectivity index (χ0n) is 36.8. The molecule has 2 aromatic heterocycles. The Labute approximate surface area is 369 Å². The van der Waals surface area contributed by atoms with Gasteiger partial charge in [-0.1, -0.05) is 91.4 Å². The second kappa shape index (κ2) is 21.6. The van der Waals surface area contributed by atoms with Crippen LogP contribution in [0.2, 0.25) is 0 Å². The molecule has 63 heavy (non-hydrogen) atoms. The Kier molecular flexibility index (Phi) is 16.8. The quantitative estimate of drug-likeness (QED) is 0.0175. The molecule has 16 heteroatoms. The molecule has 0 saturated heterocycles. The summed E-state index contributed by atoms with van der Waals surface area (Å²) in [7, 11) is -8.97. The average molecular weight is 908 g/mol. The molecule has 0 bridgehead atoms. The molecular formula is C47H59N2O12S2-. The molecule has 0 amide bonds. The molecule has 0 saturated carbocycles. The number of anilines is 1. The molecule has 14 nitrogen and oxygen atoms in total. The van der Waals surface area contributed by atoms with E-state index in [1.54, 1.807) is 47.1 Å². The lowest BCUT2D eigenvalue weighted by Crippen LogP contribution is -2.33. The van der Waals surface area contributed by atoms with Gasteiger partial charge in [0.05, 0.1) is 31.7 Å². The molecule has 1 N–H and O–H groups in total. The molecule has 2 aliphatic rings. The van der Waals surface area contributed by atoms with Crippen LogP contribution in [0.1, 0.15) is 116 Å². The van der Waals surface area contributed by atoms with E-state index in [0.717, 1.165) is 75.7 Å². The van der Waals surface area contributed by atoms with Crippen LogP contribution in [0.25, 0.3) is 45.4 Å². The third-order valence-corrected chi connectivity index (χ3v) is 12.4. The Morgan fingerprint density at radius 3 is 1.94 bits per heavy atom. The molecule has 0 atom stereocenters. The molecule has 3 aromatic rings. The van der Waals surface area contributed by atoms with Gasteiger partial charge in [0.1, 0.15) is 46.9 Å². The lowest BCUT2D eigenvalue weighted by molar-refractivity contribution is 0.404. The summed E-state index contributed by atoms with van der Waals surface area (Å²) < 4.78 is 87.3. The Morgan fingerprint density at radius 1 is 0.730 bits per heavy atom. The van der Waals surface area contributed by atoms with Crippen LogP contribution in [0.3, 0.4) is 0 Å². The minimum Gasteiger partial charge on any atom is -0.748 e. The van der Waals surface area contributed by atoms with Crippen molar-refractivity contribution < 1.29 is 44.3 Å². The third kappa shape index (κ3) is 13.7. The zero-order valence-corrected chi connectivity index (χ0v) is 38.4. The van der Waals surface area contributed by atoms with Gasteiger partial charge in [0.2, 0.25) is 5.36 Å². The van der Waals surface area contributed by atoms with Gasteiger partial charge in [-0.2, -0.15) is 0 Å². The van der Waals surface area contributed by atoms with Crippen LogP contribution in [0, 0.1) is 0 Å². The van der Waals surface area contributed by atoms with Crippen LogP contribution < -0.4 is 26.1 Å². The molecule has 1 aliphatic heterocycles. The topological polar surface area (TPSA) is 214 Å². The highest BCUT2D eigenvalue weighted by Crippen LogP contribution is 2.34. The molecule has 342 valence electrons. The summed E-state index contributed by atoms with van der Waals surface area (Å²) in [5.74, 6) is -0.718. The van der Waals surface area contributed by atoms with Gasteiger partial charge in [-0.05, 0) is 48.7 Å². The number of nitrogens with zero attached hydrogens (tertiary/aromatic N) is 2. The van der Waals surface area contributed by atoms with E-state index < -0.39 is 54.2 Å².